The average molecular weight is 390 g/mol. The minimum atomic E-state index is 0.544. The number of halogens is 1. The Bertz CT molecular complexity index is 811. The fraction of sp³-hybridized carbons (Fsp3) is 0.353. The summed E-state index contributed by atoms with van der Waals surface area (Å²) in [5.41, 5.74) is 2.24. The molecule has 0 amide bonds. The Labute approximate surface area is 149 Å². The van der Waals surface area contributed by atoms with Crippen molar-refractivity contribution in [2.45, 2.75) is 39.8 Å². The van der Waals surface area contributed by atoms with E-state index in [1.165, 1.54) is 5.56 Å². The first-order valence-corrected chi connectivity index (χ1v) is 8.82. The van der Waals surface area contributed by atoms with Crippen LogP contribution in [0.15, 0.2) is 39.2 Å². The van der Waals surface area contributed by atoms with Crippen LogP contribution in [0.5, 0.6) is 0 Å². The number of hydrogen-bond acceptors (Lipinski definition) is 5. The van der Waals surface area contributed by atoms with Crippen molar-refractivity contribution in [3.05, 3.63) is 46.1 Å². The lowest BCUT2D eigenvalue weighted by atomic mass is 10.1. The average Bonchev–Trinajstić information content (AvgIpc) is 3.22. The Morgan fingerprint density at radius 3 is 2.92 bits per heavy atom. The molecule has 0 aliphatic heterocycles. The largest absolute Gasteiger partial charge is 0.459 e. The second-order valence-electron chi connectivity index (χ2n) is 5.66. The van der Waals surface area contributed by atoms with Crippen molar-refractivity contribution in [3.8, 4) is 11.3 Å². The van der Waals surface area contributed by atoms with E-state index < -0.39 is 0 Å². The Kier molecular flexibility index (Phi) is 5.30. The fourth-order valence-electron chi connectivity index (χ4n) is 2.38. The quantitative estimate of drug-likeness (QED) is 0.647. The van der Waals surface area contributed by atoms with Crippen molar-refractivity contribution in [2.24, 2.45) is 0 Å². The number of aryl methyl sites for hydroxylation is 2. The van der Waals surface area contributed by atoms with E-state index in [1.54, 1.807) is 4.68 Å². The van der Waals surface area contributed by atoms with Gasteiger partial charge in [0.15, 0.2) is 0 Å². The van der Waals surface area contributed by atoms with Crippen molar-refractivity contribution in [2.75, 3.05) is 5.32 Å². The molecule has 2 aromatic heterocycles. The van der Waals surface area contributed by atoms with Gasteiger partial charge in [0.25, 0.3) is 0 Å². The van der Waals surface area contributed by atoms with Gasteiger partial charge in [-0.3, -0.25) is 0 Å². The van der Waals surface area contributed by atoms with E-state index in [0.29, 0.717) is 12.5 Å². The molecule has 6 nitrogen and oxygen atoms in total. The molecular weight excluding hydrogens is 370 g/mol. The summed E-state index contributed by atoms with van der Waals surface area (Å²) < 4.78 is 8.81. The second-order valence-corrected chi connectivity index (χ2v) is 6.52. The van der Waals surface area contributed by atoms with Crippen molar-refractivity contribution in [1.29, 1.82) is 0 Å². The lowest BCUT2D eigenvalue weighted by Gasteiger charge is -2.05. The maximum absolute atomic E-state index is 5.93. The van der Waals surface area contributed by atoms with Gasteiger partial charge >= 0.3 is 0 Å². The zero-order valence-electron chi connectivity index (χ0n) is 13.8. The van der Waals surface area contributed by atoms with Crippen molar-refractivity contribution in [3.63, 3.8) is 0 Å². The molecule has 3 aromatic rings. The molecule has 7 heteroatoms. The Balaban J connectivity index is 1.66. The van der Waals surface area contributed by atoms with Gasteiger partial charge in [-0.15, -0.1) is 0 Å². The number of tetrazole rings is 1. The first-order chi connectivity index (χ1) is 11.7. The van der Waals surface area contributed by atoms with E-state index in [0.717, 1.165) is 40.9 Å². The summed E-state index contributed by atoms with van der Waals surface area (Å²) in [7, 11) is 0. The van der Waals surface area contributed by atoms with Gasteiger partial charge in [0, 0.05) is 16.6 Å². The first-order valence-electron chi connectivity index (χ1n) is 8.02. The molecule has 0 atom stereocenters. The van der Waals surface area contributed by atoms with Crippen LogP contribution in [0.1, 0.15) is 31.1 Å². The highest BCUT2D eigenvalue weighted by Gasteiger charge is 2.09. The zero-order valence-corrected chi connectivity index (χ0v) is 15.4. The van der Waals surface area contributed by atoms with Crippen LogP contribution in [-0.4, -0.2) is 20.2 Å². The van der Waals surface area contributed by atoms with E-state index in [1.807, 2.05) is 24.3 Å². The van der Waals surface area contributed by atoms with E-state index in [2.05, 4.69) is 56.7 Å². The Hall–Kier alpha value is -2.15. The molecule has 1 aromatic carbocycles. The molecule has 0 saturated carbocycles. The number of anilines is 1. The van der Waals surface area contributed by atoms with Crippen LogP contribution in [0, 0.1) is 6.92 Å². The van der Waals surface area contributed by atoms with Gasteiger partial charge in [0.05, 0.1) is 6.54 Å². The summed E-state index contributed by atoms with van der Waals surface area (Å²) in [4.78, 5) is 0. The van der Waals surface area contributed by atoms with E-state index >= 15 is 0 Å². The van der Waals surface area contributed by atoms with Crippen molar-refractivity contribution in [1.82, 2.24) is 20.2 Å². The first kappa shape index (κ1) is 16.7. The molecule has 3 rings (SSSR count). The van der Waals surface area contributed by atoms with Gasteiger partial charge in [-0.2, -0.15) is 0 Å². The number of rotatable bonds is 7. The highest BCUT2D eigenvalue weighted by atomic mass is 79.9. The molecule has 0 aliphatic rings. The fourth-order valence-corrected chi connectivity index (χ4v) is 2.63. The van der Waals surface area contributed by atoms with Gasteiger partial charge in [0.1, 0.15) is 11.5 Å². The van der Waals surface area contributed by atoms with E-state index in [4.69, 9.17) is 4.42 Å². The highest BCUT2D eigenvalue weighted by Crippen LogP contribution is 2.26. The molecule has 0 aliphatic carbocycles. The molecule has 0 bridgehead atoms. The van der Waals surface area contributed by atoms with Gasteiger partial charge in [-0.1, -0.05) is 40.4 Å². The van der Waals surface area contributed by atoms with E-state index in [9.17, 15) is 0 Å². The number of nitrogens with zero attached hydrogens (tertiary/aromatic N) is 4. The molecule has 0 unspecified atom stereocenters. The summed E-state index contributed by atoms with van der Waals surface area (Å²) in [5, 5.41) is 15.0. The summed E-state index contributed by atoms with van der Waals surface area (Å²) in [6.07, 6.45) is 2.15. The number of aromatic nitrogens is 4. The molecule has 24 heavy (non-hydrogen) atoms. The van der Waals surface area contributed by atoms with Crippen molar-refractivity contribution < 1.29 is 4.42 Å². The zero-order chi connectivity index (χ0) is 16.9. The summed E-state index contributed by atoms with van der Waals surface area (Å²) in [6, 6.07) is 10.1. The highest BCUT2D eigenvalue weighted by molar-refractivity contribution is 9.10. The number of benzene rings is 1. The number of nitrogens with one attached hydrogen (secondary N) is 1. The maximum atomic E-state index is 5.93. The minimum absolute atomic E-state index is 0.544. The normalized spacial score (nSPS) is 11.0. The van der Waals surface area contributed by atoms with Crippen LogP contribution in [0.25, 0.3) is 11.3 Å². The molecule has 0 saturated heterocycles. The molecule has 1 N–H and O–H groups in total. The second kappa shape index (κ2) is 7.61. The van der Waals surface area contributed by atoms with Crippen molar-refractivity contribution >= 4 is 21.9 Å². The standard InChI is InChI=1S/C17H20BrN5O/c1-3-4-9-23-17(20-21-22-23)19-11-14-6-8-16(24-14)13-5-7-15(18)12(2)10-13/h5-8,10H,3-4,9,11H2,1-2H3,(H,19,20,22). The lowest BCUT2D eigenvalue weighted by Crippen LogP contribution is -2.08. The van der Waals surface area contributed by atoms with Gasteiger partial charge < -0.3 is 9.73 Å². The minimum Gasteiger partial charge on any atom is -0.459 e. The molecule has 0 fully saturated rings. The predicted octanol–water partition coefficient (Wildman–Crippen LogP) is 4.42. The third-order valence-electron chi connectivity index (χ3n) is 3.78. The van der Waals surface area contributed by atoms with Crippen LogP contribution >= 0.6 is 15.9 Å². The molecule has 126 valence electrons. The van der Waals surface area contributed by atoms with Gasteiger partial charge in [0.2, 0.25) is 5.95 Å². The van der Waals surface area contributed by atoms with Crippen LogP contribution < -0.4 is 5.32 Å². The van der Waals surface area contributed by atoms with Gasteiger partial charge in [-0.05, 0) is 53.6 Å². The maximum Gasteiger partial charge on any atom is 0.243 e. The van der Waals surface area contributed by atoms with Crippen LogP contribution in [0.2, 0.25) is 0 Å². The van der Waals surface area contributed by atoms with Crippen LogP contribution in [0.3, 0.4) is 0 Å². The predicted molar refractivity (Wildman–Crippen MR) is 96.6 cm³/mol. The monoisotopic (exact) mass is 389 g/mol. The van der Waals surface area contributed by atoms with Crippen LogP contribution in [-0.2, 0) is 13.1 Å². The Morgan fingerprint density at radius 2 is 2.12 bits per heavy atom. The smallest absolute Gasteiger partial charge is 0.243 e. The molecular formula is C17H20BrN5O. The summed E-state index contributed by atoms with van der Waals surface area (Å²) in [6.45, 7) is 5.57. The topological polar surface area (TPSA) is 68.8 Å². The lowest BCUT2D eigenvalue weighted by molar-refractivity contribution is 0.526. The number of hydrogen-bond donors (Lipinski definition) is 1. The van der Waals surface area contributed by atoms with E-state index in [-0.39, 0.29) is 0 Å². The molecule has 0 spiro atoms. The summed E-state index contributed by atoms with van der Waals surface area (Å²) in [5.74, 6) is 2.37. The van der Waals surface area contributed by atoms with Gasteiger partial charge in [-0.25, -0.2) is 4.68 Å². The SMILES string of the molecule is CCCCn1nnnc1NCc1ccc(-c2ccc(Br)c(C)c2)o1. The third kappa shape index (κ3) is 3.84. The Morgan fingerprint density at radius 1 is 1.25 bits per heavy atom. The molecule has 2 heterocycles. The summed E-state index contributed by atoms with van der Waals surface area (Å²) >= 11 is 3.52. The number of unbranched alkanes of at least 4 members (excludes halogenated alkanes) is 1. The van der Waals surface area contributed by atoms with Crippen LogP contribution in [0.4, 0.5) is 5.95 Å². The molecule has 0 radical (unpaired) electrons. The third-order valence-corrected chi connectivity index (χ3v) is 4.67. The number of furan rings is 1.